The van der Waals surface area contributed by atoms with Crippen LogP contribution in [0.5, 0.6) is 0 Å². The van der Waals surface area contributed by atoms with E-state index in [1.54, 1.807) is 0 Å². The van der Waals surface area contributed by atoms with Gasteiger partial charge in [-0.1, -0.05) is 6.92 Å². The number of carbonyl (C=O) groups is 1. The van der Waals surface area contributed by atoms with E-state index in [1.165, 1.54) is 11.3 Å². The largest absolute Gasteiger partial charge is 0.376 e. The van der Waals surface area contributed by atoms with Gasteiger partial charge in [0, 0.05) is 17.2 Å². The molecule has 2 unspecified atom stereocenters. The number of aromatic amines is 1. The summed E-state index contributed by atoms with van der Waals surface area (Å²) in [5.74, 6) is 0.0516. The van der Waals surface area contributed by atoms with Gasteiger partial charge in [0.25, 0.3) is 0 Å². The van der Waals surface area contributed by atoms with Crippen molar-refractivity contribution >= 4 is 29.5 Å². The fraction of sp³-hybridized carbons (Fsp3) is 0.692. The Bertz CT molecular complexity index is 489. The van der Waals surface area contributed by atoms with Crippen LogP contribution in [0, 0.1) is 10.9 Å². The Morgan fingerprint density at radius 2 is 2.47 bits per heavy atom. The van der Waals surface area contributed by atoms with Crippen molar-refractivity contribution in [2.45, 2.75) is 51.7 Å². The van der Waals surface area contributed by atoms with Crippen LogP contribution in [0.1, 0.15) is 36.8 Å². The molecule has 2 heterocycles. The maximum atomic E-state index is 12.1. The second kappa shape index (κ2) is 6.63. The number of ether oxygens (including phenoxy) is 1. The molecule has 2 N–H and O–H groups in total. The standard InChI is InChI=1S/C13H20N2O2S2/c1-3-9(10-5-4-6-17-10)15-12(16)7-11-8(2)14-13(18)19-11/h9-10H,3-7H2,1-2H3,(H,14,18)(H,15,16). The number of hydrogen-bond acceptors (Lipinski definition) is 4. The maximum absolute atomic E-state index is 12.1. The SMILES string of the molecule is CCC(NC(=O)Cc1sc(=S)[nH]c1C)C1CCCO1. The number of aryl methyl sites for hydroxylation is 1. The normalized spacial score (nSPS) is 20.4. The van der Waals surface area contributed by atoms with Gasteiger partial charge >= 0.3 is 0 Å². The summed E-state index contributed by atoms with van der Waals surface area (Å²) >= 11 is 6.56. The first-order valence-corrected chi connectivity index (χ1v) is 7.92. The van der Waals surface area contributed by atoms with Crippen LogP contribution in [0.3, 0.4) is 0 Å². The molecule has 0 aliphatic carbocycles. The number of aromatic nitrogens is 1. The van der Waals surface area contributed by atoms with Crippen LogP contribution in [0.2, 0.25) is 0 Å². The Labute approximate surface area is 122 Å². The van der Waals surface area contributed by atoms with Crippen LogP contribution < -0.4 is 5.32 Å². The zero-order valence-electron chi connectivity index (χ0n) is 11.3. The highest BCUT2D eigenvalue weighted by atomic mass is 32.1. The molecule has 0 aromatic carbocycles. The molecule has 0 spiro atoms. The fourth-order valence-corrected chi connectivity index (χ4v) is 3.68. The number of thiazole rings is 1. The molecule has 1 fully saturated rings. The Morgan fingerprint density at radius 3 is 3.00 bits per heavy atom. The molecular weight excluding hydrogens is 280 g/mol. The van der Waals surface area contributed by atoms with Crippen molar-refractivity contribution in [2.75, 3.05) is 6.61 Å². The van der Waals surface area contributed by atoms with E-state index in [1.807, 2.05) is 6.92 Å². The molecule has 1 aromatic heterocycles. The zero-order valence-corrected chi connectivity index (χ0v) is 13.0. The summed E-state index contributed by atoms with van der Waals surface area (Å²) in [6.07, 6.45) is 3.61. The third-order valence-electron chi connectivity index (χ3n) is 3.44. The first-order valence-electron chi connectivity index (χ1n) is 6.69. The van der Waals surface area contributed by atoms with Crippen molar-refractivity contribution in [3.05, 3.63) is 14.5 Å². The van der Waals surface area contributed by atoms with Gasteiger partial charge < -0.3 is 15.0 Å². The van der Waals surface area contributed by atoms with E-state index in [4.69, 9.17) is 17.0 Å². The van der Waals surface area contributed by atoms with E-state index >= 15 is 0 Å². The average molecular weight is 300 g/mol. The van der Waals surface area contributed by atoms with Gasteiger partial charge in [0.05, 0.1) is 18.6 Å². The molecule has 4 nitrogen and oxygen atoms in total. The Hall–Kier alpha value is -0.720. The second-order valence-corrected chi connectivity index (χ2v) is 6.65. The number of H-pyrrole nitrogens is 1. The number of nitrogens with one attached hydrogen (secondary N) is 2. The number of hydrogen-bond donors (Lipinski definition) is 2. The topological polar surface area (TPSA) is 54.1 Å². The van der Waals surface area contributed by atoms with Gasteiger partial charge in [-0.2, -0.15) is 0 Å². The third kappa shape index (κ3) is 3.87. The van der Waals surface area contributed by atoms with Gasteiger partial charge in [0.1, 0.15) is 0 Å². The first kappa shape index (κ1) is 14.7. The molecule has 19 heavy (non-hydrogen) atoms. The van der Waals surface area contributed by atoms with Crippen LogP contribution >= 0.6 is 23.6 Å². The van der Waals surface area contributed by atoms with E-state index in [9.17, 15) is 4.79 Å². The van der Waals surface area contributed by atoms with Crippen molar-refractivity contribution in [2.24, 2.45) is 0 Å². The molecule has 2 atom stereocenters. The van der Waals surface area contributed by atoms with Crippen molar-refractivity contribution in [1.82, 2.24) is 10.3 Å². The molecule has 1 aromatic rings. The predicted octanol–water partition coefficient (Wildman–Crippen LogP) is 2.73. The van der Waals surface area contributed by atoms with E-state index in [0.717, 1.165) is 40.4 Å². The molecule has 1 aliphatic heterocycles. The lowest BCUT2D eigenvalue weighted by atomic mass is 10.1. The number of carbonyl (C=O) groups excluding carboxylic acids is 1. The minimum Gasteiger partial charge on any atom is -0.376 e. The Balaban J connectivity index is 1.92. The van der Waals surface area contributed by atoms with Gasteiger partial charge in [0.15, 0.2) is 3.95 Å². The molecule has 0 radical (unpaired) electrons. The minimum atomic E-state index is 0.0516. The van der Waals surface area contributed by atoms with Gasteiger partial charge in [-0.3, -0.25) is 4.79 Å². The summed E-state index contributed by atoms with van der Waals surface area (Å²) in [7, 11) is 0. The van der Waals surface area contributed by atoms with Crippen molar-refractivity contribution in [3.63, 3.8) is 0 Å². The summed E-state index contributed by atoms with van der Waals surface area (Å²) in [4.78, 5) is 16.2. The predicted molar refractivity (Wildman–Crippen MR) is 79.1 cm³/mol. The molecule has 0 saturated carbocycles. The lowest BCUT2D eigenvalue weighted by Crippen LogP contribution is -2.43. The van der Waals surface area contributed by atoms with Crippen LogP contribution in [0.25, 0.3) is 0 Å². The molecule has 106 valence electrons. The lowest BCUT2D eigenvalue weighted by Gasteiger charge is -2.22. The van der Waals surface area contributed by atoms with E-state index < -0.39 is 0 Å². The molecule has 6 heteroatoms. The lowest BCUT2D eigenvalue weighted by molar-refractivity contribution is -0.122. The van der Waals surface area contributed by atoms with Crippen molar-refractivity contribution in [3.8, 4) is 0 Å². The average Bonchev–Trinajstić information content (AvgIpc) is 2.97. The number of amides is 1. The molecule has 1 saturated heterocycles. The van der Waals surface area contributed by atoms with Gasteiger partial charge in [0.2, 0.25) is 5.91 Å². The van der Waals surface area contributed by atoms with Crippen molar-refractivity contribution < 1.29 is 9.53 Å². The number of rotatable bonds is 5. The van der Waals surface area contributed by atoms with Crippen LogP contribution in [-0.2, 0) is 16.0 Å². The molecule has 0 bridgehead atoms. The second-order valence-electron chi connectivity index (χ2n) is 4.87. The summed E-state index contributed by atoms with van der Waals surface area (Å²) < 4.78 is 6.38. The molecular formula is C13H20N2O2S2. The maximum Gasteiger partial charge on any atom is 0.225 e. The van der Waals surface area contributed by atoms with Gasteiger partial charge in [-0.15, -0.1) is 11.3 Å². The molecule has 1 amide bonds. The van der Waals surface area contributed by atoms with Crippen LogP contribution in [0.15, 0.2) is 0 Å². The highest BCUT2D eigenvalue weighted by Crippen LogP contribution is 2.19. The van der Waals surface area contributed by atoms with E-state index in [0.29, 0.717) is 6.42 Å². The van der Waals surface area contributed by atoms with E-state index in [-0.39, 0.29) is 18.1 Å². The highest BCUT2D eigenvalue weighted by Gasteiger charge is 2.26. The first-order chi connectivity index (χ1) is 9.10. The minimum absolute atomic E-state index is 0.0516. The van der Waals surface area contributed by atoms with Gasteiger partial charge in [-0.05, 0) is 38.4 Å². The Morgan fingerprint density at radius 1 is 1.68 bits per heavy atom. The summed E-state index contributed by atoms with van der Waals surface area (Å²) in [6, 6.07) is 0.127. The molecule has 2 rings (SSSR count). The fourth-order valence-electron chi connectivity index (χ4n) is 2.39. The quantitative estimate of drug-likeness (QED) is 0.822. The summed E-state index contributed by atoms with van der Waals surface area (Å²) in [5, 5.41) is 3.09. The zero-order chi connectivity index (χ0) is 13.8. The summed E-state index contributed by atoms with van der Waals surface area (Å²) in [5.41, 5.74) is 0.996. The van der Waals surface area contributed by atoms with Crippen LogP contribution in [-0.4, -0.2) is 29.6 Å². The smallest absolute Gasteiger partial charge is 0.225 e. The third-order valence-corrected chi connectivity index (χ3v) is 4.78. The highest BCUT2D eigenvalue weighted by molar-refractivity contribution is 7.73. The Kier molecular flexibility index (Phi) is 5.13. The summed E-state index contributed by atoms with van der Waals surface area (Å²) in [6.45, 7) is 4.85. The van der Waals surface area contributed by atoms with Crippen LogP contribution in [0.4, 0.5) is 0 Å². The van der Waals surface area contributed by atoms with E-state index in [2.05, 4.69) is 17.2 Å². The van der Waals surface area contributed by atoms with Crippen molar-refractivity contribution in [1.29, 1.82) is 0 Å². The molecule has 1 aliphatic rings. The van der Waals surface area contributed by atoms with Gasteiger partial charge in [-0.25, -0.2) is 0 Å². The monoisotopic (exact) mass is 300 g/mol.